The van der Waals surface area contributed by atoms with Crippen LogP contribution in [0.25, 0.3) is 0 Å². The number of unbranched alkanes of at least 4 members (excludes halogenated alkanes) is 1. The molecule has 1 heterocycles. The summed E-state index contributed by atoms with van der Waals surface area (Å²) < 4.78 is 12.1. The summed E-state index contributed by atoms with van der Waals surface area (Å²) in [6.45, 7) is 5.27. The van der Waals surface area contributed by atoms with Crippen molar-refractivity contribution in [3.8, 4) is 0 Å². The Morgan fingerprint density at radius 1 is 1.15 bits per heavy atom. The Balaban J connectivity index is 1.94. The van der Waals surface area contributed by atoms with Crippen LogP contribution in [0.15, 0.2) is 47.5 Å². The van der Waals surface area contributed by atoms with E-state index < -0.39 is 0 Å². The van der Waals surface area contributed by atoms with Crippen LogP contribution in [0.5, 0.6) is 0 Å². The third-order valence-corrected chi connectivity index (χ3v) is 3.23. The van der Waals surface area contributed by atoms with Crippen LogP contribution in [0.2, 0.25) is 0 Å². The summed E-state index contributed by atoms with van der Waals surface area (Å²) in [6.07, 6.45) is 19.0. The van der Waals surface area contributed by atoms with Gasteiger partial charge >= 0.3 is 0 Å². The van der Waals surface area contributed by atoms with Gasteiger partial charge in [0.1, 0.15) is 0 Å². The molecule has 1 aliphatic rings. The first-order chi connectivity index (χ1) is 9.79. The lowest BCUT2D eigenvalue weighted by atomic mass is 10.2. The van der Waals surface area contributed by atoms with Gasteiger partial charge in [0.25, 0.3) is 0 Å². The summed E-state index contributed by atoms with van der Waals surface area (Å²) in [4.78, 5) is 0. The van der Waals surface area contributed by atoms with Crippen molar-refractivity contribution < 1.29 is 9.47 Å². The van der Waals surface area contributed by atoms with Gasteiger partial charge in [-0.1, -0.05) is 59.0 Å². The number of ether oxygens (including phenoxy) is 2. The van der Waals surface area contributed by atoms with Crippen LogP contribution in [0.3, 0.4) is 0 Å². The van der Waals surface area contributed by atoms with E-state index in [4.69, 9.17) is 9.47 Å². The predicted octanol–water partition coefficient (Wildman–Crippen LogP) is 5.28. The average molecular weight is 341 g/mol. The Bertz CT molecular complexity index is 339. The highest BCUT2D eigenvalue weighted by molar-refractivity contribution is 9.11. The van der Waals surface area contributed by atoms with E-state index in [1.807, 2.05) is 0 Å². The van der Waals surface area contributed by atoms with Crippen molar-refractivity contribution in [3.63, 3.8) is 0 Å². The molecule has 1 fully saturated rings. The number of halogens is 1. The Kier molecular flexibility index (Phi) is 10.6. The first-order valence-corrected chi connectivity index (χ1v) is 8.11. The largest absolute Gasteiger partial charge is 0.353 e. The summed E-state index contributed by atoms with van der Waals surface area (Å²) in [6, 6.07) is 0. The molecule has 20 heavy (non-hydrogen) atoms. The molecule has 0 aromatic rings. The van der Waals surface area contributed by atoms with Crippen LogP contribution in [0.4, 0.5) is 0 Å². The van der Waals surface area contributed by atoms with E-state index in [1.54, 1.807) is 0 Å². The van der Waals surface area contributed by atoms with E-state index in [0.29, 0.717) is 6.61 Å². The van der Waals surface area contributed by atoms with Crippen molar-refractivity contribution in [2.45, 2.75) is 44.8 Å². The van der Waals surface area contributed by atoms with E-state index in [9.17, 15) is 0 Å². The van der Waals surface area contributed by atoms with Gasteiger partial charge in [-0.2, -0.15) is 0 Å². The molecule has 1 atom stereocenters. The Hall–Kier alpha value is -0.640. The second-order valence-corrected chi connectivity index (χ2v) is 5.88. The van der Waals surface area contributed by atoms with Crippen LogP contribution < -0.4 is 0 Å². The lowest BCUT2D eigenvalue weighted by molar-refractivity contribution is -0.155. The standard InChI is InChI=1S/C17H25BrO2/c1-16(18)12-8-6-4-2-3-5-7-10-14-19-17-13-9-11-15-20-17/h2,4,6-8,10,17H,1,3,5,9,11-15H2/b4-2-,8-6-,10-7+. The number of allylic oxidation sites excluding steroid dienone is 6. The van der Waals surface area contributed by atoms with Crippen LogP contribution in [-0.2, 0) is 9.47 Å². The van der Waals surface area contributed by atoms with Crippen LogP contribution in [-0.4, -0.2) is 19.5 Å². The summed E-state index contributed by atoms with van der Waals surface area (Å²) >= 11 is 3.32. The summed E-state index contributed by atoms with van der Waals surface area (Å²) in [5.41, 5.74) is 0. The van der Waals surface area contributed by atoms with Crippen molar-refractivity contribution in [1.82, 2.24) is 0 Å². The molecule has 0 aliphatic carbocycles. The molecule has 1 saturated heterocycles. The van der Waals surface area contributed by atoms with Crippen LogP contribution >= 0.6 is 15.9 Å². The Morgan fingerprint density at radius 3 is 2.70 bits per heavy atom. The minimum atomic E-state index is 0.0163. The molecule has 0 spiro atoms. The van der Waals surface area contributed by atoms with Gasteiger partial charge in [-0.15, -0.1) is 0 Å². The van der Waals surface area contributed by atoms with Gasteiger partial charge < -0.3 is 9.47 Å². The number of hydrogen-bond donors (Lipinski definition) is 0. The van der Waals surface area contributed by atoms with E-state index >= 15 is 0 Å². The maximum Gasteiger partial charge on any atom is 0.157 e. The molecule has 0 N–H and O–H groups in total. The van der Waals surface area contributed by atoms with Gasteiger partial charge in [0.05, 0.1) is 6.61 Å². The molecular formula is C17H25BrO2. The normalized spacial score (nSPS) is 20.4. The van der Waals surface area contributed by atoms with Gasteiger partial charge in [-0.3, -0.25) is 0 Å². The molecule has 1 rings (SSSR count). The van der Waals surface area contributed by atoms with Gasteiger partial charge in [0, 0.05) is 6.61 Å². The number of rotatable bonds is 9. The minimum absolute atomic E-state index is 0.0163. The SMILES string of the molecule is C=C(Br)C/C=C\C=C/CC/C=C/COC1CCCCO1. The first kappa shape index (κ1) is 17.4. The highest BCUT2D eigenvalue weighted by Gasteiger charge is 2.12. The number of hydrogen-bond acceptors (Lipinski definition) is 2. The lowest BCUT2D eigenvalue weighted by Crippen LogP contribution is -2.22. The summed E-state index contributed by atoms with van der Waals surface area (Å²) in [7, 11) is 0. The van der Waals surface area contributed by atoms with E-state index in [0.717, 1.165) is 36.8 Å². The van der Waals surface area contributed by atoms with E-state index in [2.05, 4.69) is 59.0 Å². The first-order valence-electron chi connectivity index (χ1n) is 7.32. The molecular weight excluding hydrogens is 316 g/mol. The molecule has 112 valence electrons. The quantitative estimate of drug-likeness (QED) is 0.323. The third kappa shape index (κ3) is 10.2. The lowest BCUT2D eigenvalue weighted by Gasteiger charge is -2.21. The Morgan fingerprint density at radius 2 is 1.95 bits per heavy atom. The van der Waals surface area contributed by atoms with Crippen molar-refractivity contribution in [2.24, 2.45) is 0 Å². The van der Waals surface area contributed by atoms with Gasteiger partial charge in [-0.25, -0.2) is 0 Å². The fourth-order valence-corrected chi connectivity index (χ4v) is 2.02. The molecule has 0 bridgehead atoms. The topological polar surface area (TPSA) is 18.5 Å². The molecule has 1 aliphatic heterocycles. The second-order valence-electron chi connectivity index (χ2n) is 4.76. The molecule has 0 saturated carbocycles. The predicted molar refractivity (Wildman–Crippen MR) is 88.9 cm³/mol. The fourth-order valence-electron chi connectivity index (χ4n) is 1.83. The third-order valence-electron chi connectivity index (χ3n) is 2.91. The van der Waals surface area contributed by atoms with Crippen LogP contribution in [0.1, 0.15) is 38.5 Å². The van der Waals surface area contributed by atoms with Crippen molar-refractivity contribution in [1.29, 1.82) is 0 Å². The fraction of sp³-hybridized carbons (Fsp3) is 0.529. The maximum absolute atomic E-state index is 5.61. The highest BCUT2D eigenvalue weighted by atomic mass is 79.9. The zero-order valence-corrected chi connectivity index (χ0v) is 13.7. The van der Waals surface area contributed by atoms with Gasteiger partial charge in [0.2, 0.25) is 0 Å². The van der Waals surface area contributed by atoms with E-state index in [-0.39, 0.29) is 6.29 Å². The van der Waals surface area contributed by atoms with Gasteiger partial charge in [0.15, 0.2) is 6.29 Å². The maximum atomic E-state index is 5.61. The molecule has 3 heteroatoms. The van der Waals surface area contributed by atoms with E-state index in [1.165, 1.54) is 12.8 Å². The van der Waals surface area contributed by atoms with Gasteiger partial charge in [-0.05, 0) is 43.0 Å². The summed E-state index contributed by atoms with van der Waals surface area (Å²) in [5, 5.41) is 0. The zero-order valence-electron chi connectivity index (χ0n) is 12.1. The minimum Gasteiger partial charge on any atom is -0.353 e. The monoisotopic (exact) mass is 340 g/mol. The Labute approximate surface area is 131 Å². The molecule has 0 aromatic heterocycles. The zero-order chi connectivity index (χ0) is 14.5. The molecule has 2 nitrogen and oxygen atoms in total. The molecule has 0 radical (unpaired) electrons. The van der Waals surface area contributed by atoms with Crippen molar-refractivity contribution in [3.05, 3.63) is 47.5 Å². The highest BCUT2D eigenvalue weighted by Crippen LogP contribution is 2.13. The summed E-state index contributed by atoms with van der Waals surface area (Å²) in [5.74, 6) is 0. The molecule has 0 aromatic carbocycles. The van der Waals surface area contributed by atoms with Crippen LogP contribution in [0, 0.1) is 0 Å². The molecule has 0 amide bonds. The van der Waals surface area contributed by atoms with Crippen molar-refractivity contribution in [2.75, 3.05) is 13.2 Å². The smallest absolute Gasteiger partial charge is 0.157 e. The van der Waals surface area contributed by atoms with Crippen molar-refractivity contribution >= 4 is 15.9 Å². The molecule has 1 unspecified atom stereocenters. The second kappa shape index (κ2) is 12.1. The average Bonchev–Trinajstić information content (AvgIpc) is 2.45.